The lowest BCUT2D eigenvalue weighted by molar-refractivity contribution is 0.0964. The summed E-state index contributed by atoms with van der Waals surface area (Å²) in [7, 11) is 4.81. The average Bonchev–Trinajstić information content (AvgIpc) is 3.36. The number of hydrogen-bond donors (Lipinski definition) is 0. The van der Waals surface area contributed by atoms with Crippen molar-refractivity contribution in [3.05, 3.63) is 63.0 Å². The molecule has 0 aliphatic carbocycles. The summed E-state index contributed by atoms with van der Waals surface area (Å²) in [5.41, 5.74) is 1.53. The number of anilines is 2. The van der Waals surface area contributed by atoms with Crippen LogP contribution in [0.15, 0.2) is 52.3 Å². The molecule has 1 aliphatic heterocycles. The van der Waals surface area contributed by atoms with E-state index in [0.717, 1.165) is 10.2 Å². The third kappa shape index (κ3) is 5.11. The van der Waals surface area contributed by atoms with Gasteiger partial charge < -0.3 is 19.3 Å². The van der Waals surface area contributed by atoms with Crippen molar-refractivity contribution in [2.24, 2.45) is 0 Å². The molecule has 180 valence electrons. The van der Waals surface area contributed by atoms with Gasteiger partial charge in [-0.2, -0.15) is 0 Å². The van der Waals surface area contributed by atoms with Crippen LogP contribution in [0.4, 0.5) is 16.2 Å². The van der Waals surface area contributed by atoms with E-state index in [0.29, 0.717) is 28.7 Å². The maximum absolute atomic E-state index is 13.8. The monoisotopic (exact) mass is 554 g/mol. The topological polar surface area (TPSA) is 75.2 Å². The molecule has 1 saturated heterocycles. The second-order valence-corrected chi connectivity index (χ2v) is 9.61. The van der Waals surface area contributed by atoms with Crippen LogP contribution >= 0.6 is 27.3 Å². The third-order valence-corrected chi connectivity index (χ3v) is 6.92. The number of hydrogen-bond acceptors (Lipinski definition) is 6. The van der Waals surface area contributed by atoms with Gasteiger partial charge in [-0.1, -0.05) is 15.9 Å². The van der Waals surface area contributed by atoms with Crippen molar-refractivity contribution < 1.29 is 19.1 Å². The highest BCUT2D eigenvalue weighted by Gasteiger charge is 2.37. The Hall–Kier alpha value is -3.55. The Kier molecular flexibility index (Phi) is 7.28. The van der Waals surface area contributed by atoms with E-state index in [1.54, 1.807) is 59.5 Å². The van der Waals surface area contributed by atoms with E-state index in [1.165, 1.54) is 11.3 Å². The molecule has 1 aromatic heterocycles. The molecule has 0 saturated carbocycles. The fourth-order valence-corrected chi connectivity index (χ4v) is 4.79. The summed E-state index contributed by atoms with van der Waals surface area (Å²) in [6, 6.07) is 12.2. The van der Waals surface area contributed by atoms with Crippen LogP contribution in [-0.2, 0) is 0 Å². The zero-order valence-electron chi connectivity index (χ0n) is 19.4. The molecule has 1 fully saturated rings. The minimum Gasteiger partial charge on any atom is -0.497 e. The van der Waals surface area contributed by atoms with Crippen molar-refractivity contribution in [1.29, 1.82) is 0 Å². The number of ether oxygens (including phenoxy) is 2. The highest BCUT2D eigenvalue weighted by Crippen LogP contribution is 2.33. The van der Waals surface area contributed by atoms with Crippen molar-refractivity contribution >= 4 is 50.6 Å². The van der Waals surface area contributed by atoms with Crippen LogP contribution in [0.2, 0.25) is 0 Å². The van der Waals surface area contributed by atoms with E-state index < -0.39 is 6.04 Å². The Morgan fingerprint density at radius 1 is 1.17 bits per heavy atom. The molecule has 0 radical (unpaired) electrons. The molecule has 1 aliphatic rings. The van der Waals surface area contributed by atoms with Crippen LogP contribution in [0.3, 0.4) is 0 Å². The minimum absolute atomic E-state index is 0.150. The lowest BCUT2D eigenvalue weighted by atomic mass is 10.1. The molecule has 0 N–H and O–H groups in total. The van der Waals surface area contributed by atoms with Crippen LogP contribution < -0.4 is 19.3 Å². The van der Waals surface area contributed by atoms with Gasteiger partial charge in [0, 0.05) is 47.3 Å². The second kappa shape index (κ2) is 10.4. The molecule has 2 aromatic carbocycles. The zero-order valence-corrected chi connectivity index (χ0v) is 21.8. The SMILES string of the molecule is C#Cc1nc(C(=O)N(c2cc(OC)cc(OC)c2)[C@H]2CN(C)C(=O)N(c3ccc(Br)cc3)C2)cs1. The molecule has 10 heteroatoms. The maximum atomic E-state index is 13.8. The number of terminal acetylenes is 1. The van der Waals surface area contributed by atoms with E-state index in [1.807, 2.05) is 24.3 Å². The number of rotatable bonds is 6. The first kappa shape index (κ1) is 24.6. The molecule has 8 nitrogen and oxygen atoms in total. The van der Waals surface area contributed by atoms with Gasteiger partial charge in [-0.3, -0.25) is 9.69 Å². The molecule has 35 heavy (non-hydrogen) atoms. The average molecular weight is 555 g/mol. The van der Waals surface area contributed by atoms with Crippen molar-refractivity contribution in [3.8, 4) is 23.8 Å². The lowest BCUT2D eigenvalue weighted by Crippen LogP contribution is -2.61. The Balaban J connectivity index is 1.79. The Morgan fingerprint density at radius 2 is 1.83 bits per heavy atom. The molecule has 1 atom stereocenters. The number of amides is 3. The third-order valence-electron chi connectivity index (χ3n) is 5.62. The van der Waals surface area contributed by atoms with Gasteiger partial charge in [0.25, 0.3) is 5.91 Å². The van der Waals surface area contributed by atoms with Gasteiger partial charge in [0.15, 0.2) is 5.01 Å². The summed E-state index contributed by atoms with van der Waals surface area (Å²) >= 11 is 4.66. The quantitative estimate of drug-likeness (QED) is 0.419. The van der Waals surface area contributed by atoms with E-state index in [2.05, 4.69) is 26.8 Å². The first-order chi connectivity index (χ1) is 16.8. The number of benzene rings is 2. The predicted octanol–water partition coefficient (Wildman–Crippen LogP) is 4.49. The fraction of sp³-hybridized carbons (Fsp3) is 0.240. The van der Waals surface area contributed by atoms with Crippen LogP contribution in [0.1, 0.15) is 15.5 Å². The largest absolute Gasteiger partial charge is 0.497 e. The standard InChI is InChI=1S/C25H23BrN4O4S/c1-5-23-27-22(15-35-23)24(31)30(18-10-20(33-3)12-21(11-18)34-4)19-13-28(2)25(32)29(14-19)17-8-6-16(26)7-9-17/h1,6-12,15,19H,13-14H2,2-4H3/t19-/m0/s1. The number of aromatic nitrogens is 1. The summed E-state index contributed by atoms with van der Waals surface area (Å²) in [6.45, 7) is 0.603. The summed E-state index contributed by atoms with van der Waals surface area (Å²) in [6.07, 6.45) is 5.48. The maximum Gasteiger partial charge on any atom is 0.324 e. The zero-order chi connectivity index (χ0) is 25.1. The molecule has 2 heterocycles. The normalized spacial score (nSPS) is 15.5. The van der Waals surface area contributed by atoms with Crippen LogP contribution in [0.5, 0.6) is 11.5 Å². The smallest absolute Gasteiger partial charge is 0.324 e. The number of likely N-dealkylation sites (N-methyl/N-ethyl adjacent to an activating group) is 1. The van der Waals surface area contributed by atoms with E-state index in [9.17, 15) is 9.59 Å². The summed E-state index contributed by atoms with van der Waals surface area (Å²) in [4.78, 5) is 36.1. The summed E-state index contributed by atoms with van der Waals surface area (Å²) in [5, 5.41) is 2.07. The molecule has 0 unspecified atom stereocenters. The van der Waals surface area contributed by atoms with Gasteiger partial charge >= 0.3 is 6.03 Å². The van der Waals surface area contributed by atoms with E-state index in [4.69, 9.17) is 15.9 Å². The molecular weight excluding hydrogens is 532 g/mol. The fourth-order valence-electron chi connectivity index (χ4n) is 3.93. The van der Waals surface area contributed by atoms with Gasteiger partial charge in [0.2, 0.25) is 0 Å². The number of nitrogens with zero attached hydrogens (tertiary/aromatic N) is 4. The number of thiazole rings is 1. The first-order valence-corrected chi connectivity index (χ1v) is 12.3. The molecular formula is C25H23BrN4O4S. The van der Waals surface area contributed by atoms with Gasteiger partial charge in [0.1, 0.15) is 17.2 Å². The molecule has 4 rings (SSSR count). The first-order valence-electron chi connectivity index (χ1n) is 10.6. The van der Waals surface area contributed by atoms with Gasteiger partial charge in [-0.25, -0.2) is 9.78 Å². The van der Waals surface area contributed by atoms with Gasteiger partial charge in [-0.05, 0) is 30.2 Å². The van der Waals surface area contributed by atoms with Crippen molar-refractivity contribution in [2.45, 2.75) is 6.04 Å². The van der Waals surface area contributed by atoms with Crippen molar-refractivity contribution in [1.82, 2.24) is 9.88 Å². The Morgan fingerprint density at radius 3 is 2.40 bits per heavy atom. The number of methoxy groups -OCH3 is 2. The molecule has 0 spiro atoms. The number of carbonyl (C=O) groups excluding carboxylic acids is 2. The highest BCUT2D eigenvalue weighted by molar-refractivity contribution is 9.10. The minimum atomic E-state index is -0.401. The Labute approximate surface area is 216 Å². The lowest BCUT2D eigenvalue weighted by Gasteiger charge is -2.43. The molecule has 0 bridgehead atoms. The van der Waals surface area contributed by atoms with Crippen LogP contribution in [0, 0.1) is 12.3 Å². The number of carbonyl (C=O) groups is 2. The predicted molar refractivity (Wildman–Crippen MR) is 140 cm³/mol. The second-order valence-electron chi connectivity index (χ2n) is 7.83. The molecule has 3 amide bonds. The van der Waals surface area contributed by atoms with Crippen LogP contribution in [0.25, 0.3) is 0 Å². The van der Waals surface area contributed by atoms with Gasteiger partial charge in [-0.15, -0.1) is 17.8 Å². The Bertz CT molecular complexity index is 1270. The molecule has 3 aromatic rings. The summed E-state index contributed by atoms with van der Waals surface area (Å²) < 4.78 is 11.8. The highest BCUT2D eigenvalue weighted by atomic mass is 79.9. The van der Waals surface area contributed by atoms with Crippen LogP contribution in [-0.4, -0.2) is 62.2 Å². The van der Waals surface area contributed by atoms with E-state index in [-0.39, 0.29) is 24.2 Å². The summed E-state index contributed by atoms with van der Waals surface area (Å²) in [5.74, 6) is 3.21. The van der Waals surface area contributed by atoms with Gasteiger partial charge in [0.05, 0.1) is 32.5 Å². The van der Waals surface area contributed by atoms with E-state index >= 15 is 0 Å². The number of halogens is 1. The van der Waals surface area contributed by atoms with Crippen molar-refractivity contribution in [2.75, 3.05) is 44.2 Å². The van der Waals surface area contributed by atoms with Crippen molar-refractivity contribution in [3.63, 3.8) is 0 Å². The number of urea groups is 1.